The third-order valence-corrected chi connectivity index (χ3v) is 7.05. The predicted molar refractivity (Wildman–Crippen MR) is 142 cm³/mol. The Labute approximate surface area is 201 Å². The van der Waals surface area contributed by atoms with E-state index in [-0.39, 0.29) is 12.1 Å². The van der Waals surface area contributed by atoms with Gasteiger partial charge in [0.2, 0.25) is 0 Å². The molecule has 4 rings (SSSR count). The molecule has 33 heavy (non-hydrogen) atoms. The fraction of sp³-hybridized carbons (Fsp3) is 0.259. The second-order valence-corrected chi connectivity index (χ2v) is 9.27. The number of anilines is 3. The first-order valence-electron chi connectivity index (χ1n) is 11.0. The lowest BCUT2D eigenvalue weighted by Gasteiger charge is -2.32. The number of thioether (sulfide) groups is 1. The lowest BCUT2D eigenvalue weighted by molar-refractivity contribution is 0.796. The van der Waals surface area contributed by atoms with E-state index >= 15 is 0 Å². The Morgan fingerprint density at radius 2 is 1.91 bits per heavy atom. The van der Waals surface area contributed by atoms with Gasteiger partial charge in [-0.1, -0.05) is 30.9 Å². The van der Waals surface area contributed by atoms with E-state index in [1.165, 1.54) is 16.0 Å². The molecule has 0 bridgehead atoms. The highest BCUT2D eigenvalue weighted by atomic mass is 32.2. The Morgan fingerprint density at radius 3 is 2.55 bits per heavy atom. The molecule has 1 aliphatic heterocycles. The van der Waals surface area contributed by atoms with E-state index in [1.807, 2.05) is 38.6 Å². The highest BCUT2D eigenvalue weighted by molar-refractivity contribution is 7.98. The zero-order valence-electron chi connectivity index (χ0n) is 20.0. The van der Waals surface area contributed by atoms with Crippen molar-refractivity contribution >= 4 is 34.8 Å². The summed E-state index contributed by atoms with van der Waals surface area (Å²) in [6, 6.07) is 14.9. The molecule has 0 N–H and O–H groups in total. The lowest BCUT2D eigenvalue weighted by Crippen LogP contribution is -2.30. The molecule has 2 aromatic heterocycles. The van der Waals surface area contributed by atoms with Gasteiger partial charge in [0.25, 0.3) is 0 Å². The number of fused-ring (bicyclic) bond motifs is 1. The minimum atomic E-state index is -0.0407. The number of pyridine rings is 2. The molecule has 0 saturated carbocycles. The molecule has 5 nitrogen and oxygen atoms in total. The first kappa shape index (κ1) is 22.9. The molecule has 1 aliphatic rings. The Bertz CT molecular complexity index is 1170. The molecule has 0 spiro atoms. The molecule has 2 atom stereocenters. The zero-order valence-corrected chi connectivity index (χ0v) is 20.8. The summed E-state index contributed by atoms with van der Waals surface area (Å²) in [6.45, 7) is 10.6. The molecule has 6 heteroatoms. The van der Waals surface area contributed by atoms with Gasteiger partial charge in [-0.25, -0.2) is 4.98 Å². The number of hydrogen-bond acceptors (Lipinski definition) is 6. The number of nitrogens with zero attached hydrogens (tertiary/aromatic N) is 5. The average molecular weight is 458 g/mol. The van der Waals surface area contributed by atoms with E-state index in [0.29, 0.717) is 0 Å². The molecule has 1 aromatic carbocycles. The third kappa shape index (κ3) is 4.00. The van der Waals surface area contributed by atoms with Gasteiger partial charge in [0, 0.05) is 55.7 Å². The largest absolute Gasteiger partial charge is 0.375 e. The summed E-state index contributed by atoms with van der Waals surface area (Å²) in [4.78, 5) is 17.3. The van der Waals surface area contributed by atoms with Gasteiger partial charge < -0.3 is 14.7 Å². The van der Waals surface area contributed by atoms with Crippen molar-refractivity contribution in [2.45, 2.75) is 23.9 Å². The second-order valence-electron chi connectivity index (χ2n) is 8.42. The van der Waals surface area contributed by atoms with Crippen molar-refractivity contribution in [3.63, 3.8) is 0 Å². The van der Waals surface area contributed by atoms with E-state index in [0.717, 1.165) is 28.6 Å². The summed E-state index contributed by atoms with van der Waals surface area (Å²) in [5.74, 6) is 1.77. The molecule has 0 radical (unpaired) electrons. The standard InChI is InChI=1S/C27H31N5S/c1-8-18(2)31(6)27-22(30(4)5)14-15-24(29-27)32-19(3)25-21(12-9-13-23(25)33-7)26(32)20-11-10-16-28-17-20/h8-18,26H,1,3H2,2,4-7H3. The van der Waals surface area contributed by atoms with Crippen LogP contribution in [0.3, 0.4) is 0 Å². The normalized spacial score (nSPS) is 15.8. The molecular formula is C27H31N5S. The molecular weight excluding hydrogens is 426 g/mol. The van der Waals surface area contributed by atoms with Crippen LogP contribution >= 0.6 is 11.8 Å². The molecule has 2 unspecified atom stereocenters. The van der Waals surface area contributed by atoms with Gasteiger partial charge >= 0.3 is 0 Å². The van der Waals surface area contributed by atoms with Crippen LogP contribution in [-0.2, 0) is 0 Å². The molecule has 0 aliphatic carbocycles. The predicted octanol–water partition coefficient (Wildman–Crippen LogP) is 5.86. The van der Waals surface area contributed by atoms with Crippen LogP contribution in [0.15, 0.2) is 79.0 Å². The highest BCUT2D eigenvalue weighted by Crippen LogP contribution is 2.49. The fourth-order valence-corrected chi connectivity index (χ4v) is 4.99. The van der Waals surface area contributed by atoms with Gasteiger partial charge in [-0.2, -0.15) is 0 Å². The minimum Gasteiger partial charge on any atom is -0.375 e. The van der Waals surface area contributed by atoms with Gasteiger partial charge in [0.15, 0.2) is 5.82 Å². The Hall–Kier alpha value is -3.25. The minimum absolute atomic E-state index is 0.0407. The lowest BCUT2D eigenvalue weighted by atomic mass is 9.99. The number of aromatic nitrogens is 2. The number of hydrogen-bond donors (Lipinski definition) is 0. The monoisotopic (exact) mass is 457 g/mol. The summed E-state index contributed by atoms with van der Waals surface area (Å²) >= 11 is 1.74. The highest BCUT2D eigenvalue weighted by Gasteiger charge is 2.37. The van der Waals surface area contributed by atoms with Crippen molar-refractivity contribution in [2.24, 2.45) is 0 Å². The van der Waals surface area contributed by atoms with Crippen LogP contribution in [0.2, 0.25) is 0 Å². The van der Waals surface area contributed by atoms with Crippen LogP contribution in [0.1, 0.15) is 29.7 Å². The van der Waals surface area contributed by atoms with Crippen LogP contribution in [-0.4, -0.2) is 43.4 Å². The van der Waals surface area contributed by atoms with Crippen molar-refractivity contribution < 1.29 is 0 Å². The first-order chi connectivity index (χ1) is 15.9. The van der Waals surface area contributed by atoms with Crippen molar-refractivity contribution in [3.8, 4) is 0 Å². The van der Waals surface area contributed by atoms with Crippen LogP contribution < -0.4 is 14.7 Å². The summed E-state index contributed by atoms with van der Waals surface area (Å²) < 4.78 is 0. The van der Waals surface area contributed by atoms with E-state index in [2.05, 4.69) is 89.5 Å². The van der Waals surface area contributed by atoms with Gasteiger partial charge in [0.05, 0.1) is 11.7 Å². The second kappa shape index (κ2) is 9.32. The Morgan fingerprint density at radius 1 is 1.12 bits per heavy atom. The van der Waals surface area contributed by atoms with E-state index in [1.54, 1.807) is 11.8 Å². The molecule has 0 amide bonds. The number of likely N-dealkylation sites (N-methyl/N-ethyl adjacent to an activating group) is 1. The first-order valence-corrected chi connectivity index (χ1v) is 12.2. The SMILES string of the molecule is C=CC(C)N(C)c1nc(N2C(=C)c3c(SC)cccc3C2c2cccnc2)ccc1N(C)C. The molecule has 3 heterocycles. The summed E-state index contributed by atoms with van der Waals surface area (Å²) in [7, 11) is 6.14. The van der Waals surface area contributed by atoms with Crippen molar-refractivity contribution in [2.75, 3.05) is 42.1 Å². The van der Waals surface area contributed by atoms with Crippen molar-refractivity contribution in [1.82, 2.24) is 9.97 Å². The molecule has 0 saturated heterocycles. The van der Waals surface area contributed by atoms with Gasteiger partial charge in [-0.05, 0) is 48.6 Å². The maximum atomic E-state index is 5.18. The van der Waals surface area contributed by atoms with Crippen LogP contribution in [0.5, 0.6) is 0 Å². The number of rotatable bonds is 7. The fourth-order valence-electron chi connectivity index (χ4n) is 4.33. The Kier molecular flexibility index (Phi) is 6.47. The third-order valence-electron chi connectivity index (χ3n) is 6.27. The van der Waals surface area contributed by atoms with Gasteiger partial charge in [-0.3, -0.25) is 4.98 Å². The summed E-state index contributed by atoms with van der Waals surface area (Å²) in [6.07, 6.45) is 7.79. The van der Waals surface area contributed by atoms with Crippen LogP contribution in [0, 0.1) is 0 Å². The van der Waals surface area contributed by atoms with E-state index in [4.69, 9.17) is 4.98 Å². The molecule has 0 fully saturated rings. The maximum Gasteiger partial charge on any atom is 0.154 e. The quantitative estimate of drug-likeness (QED) is 0.327. The summed E-state index contributed by atoms with van der Waals surface area (Å²) in [5, 5.41) is 0. The maximum absolute atomic E-state index is 5.18. The van der Waals surface area contributed by atoms with E-state index < -0.39 is 0 Å². The van der Waals surface area contributed by atoms with Gasteiger partial charge in [0.1, 0.15) is 5.82 Å². The zero-order chi connectivity index (χ0) is 23.7. The van der Waals surface area contributed by atoms with Crippen LogP contribution in [0.4, 0.5) is 17.3 Å². The van der Waals surface area contributed by atoms with Crippen molar-refractivity contribution in [1.29, 1.82) is 0 Å². The number of benzene rings is 1. The average Bonchev–Trinajstić information content (AvgIpc) is 3.15. The smallest absolute Gasteiger partial charge is 0.154 e. The van der Waals surface area contributed by atoms with Gasteiger partial charge in [-0.15, -0.1) is 18.3 Å². The van der Waals surface area contributed by atoms with E-state index in [9.17, 15) is 0 Å². The molecule has 3 aromatic rings. The van der Waals surface area contributed by atoms with Crippen LogP contribution in [0.25, 0.3) is 5.70 Å². The summed E-state index contributed by atoms with van der Waals surface area (Å²) in [5.41, 5.74) is 5.54. The Balaban J connectivity index is 1.91. The topological polar surface area (TPSA) is 35.5 Å². The van der Waals surface area contributed by atoms with Crippen molar-refractivity contribution in [3.05, 3.63) is 90.8 Å². The molecule has 170 valence electrons.